The topological polar surface area (TPSA) is 113 Å². The number of nitrogens with zero attached hydrogens (tertiary/aromatic N) is 3. The molecular formula is C45H45N3O6. The van der Waals surface area contributed by atoms with Crippen LogP contribution in [0, 0.1) is 13.8 Å². The number of oxazole rings is 2. The number of aryl methyl sites for hydroxylation is 4. The summed E-state index contributed by atoms with van der Waals surface area (Å²) in [5, 5.41) is 9.33. The lowest BCUT2D eigenvalue weighted by molar-refractivity contribution is 0.0696. The molecule has 9 heteroatoms. The zero-order valence-electron chi connectivity index (χ0n) is 31.1. The highest BCUT2D eigenvalue weighted by Gasteiger charge is 2.14. The number of ether oxygens (including phenoxy) is 2. The molecule has 0 spiro atoms. The quantitative estimate of drug-likeness (QED) is 0.118. The number of hydrogen-bond donors (Lipinski definition) is 1. The molecule has 7 rings (SSSR count). The average molecular weight is 724 g/mol. The van der Waals surface area contributed by atoms with Crippen molar-refractivity contribution in [3.05, 3.63) is 167 Å². The standard InChI is InChI=1S/C25H24N2O4.C20H21NO2/c1-17-23(26-24(31-17)19-6-4-3-5-7-19)12-13-30-21-10-8-18(9-11-21)14-20-15-27(2)16-22(20)25(28)29;1-3-16-9-11-18(12-10-16)22-14-13-19-15(2)23-20(21-19)17-7-5-4-6-8-17/h3-11,15-16H,12-14H2,1-2H3,(H,28,29);4-12H,3,13-14H2,1-2H3. The second-order valence-electron chi connectivity index (χ2n) is 13.0. The van der Waals surface area contributed by atoms with Crippen molar-refractivity contribution in [3.63, 3.8) is 0 Å². The first-order valence-corrected chi connectivity index (χ1v) is 18.1. The van der Waals surface area contributed by atoms with Crippen LogP contribution in [-0.2, 0) is 32.7 Å². The summed E-state index contributed by atoms with van der Waals surface area (Å²) in [5.41, 5.74) is 7.27. The van der Waals surface area contributed by atoms with Crippen LogP contribution in [0.5, 0.6) is 11.5 Å². The molecule has 3 heterocycles. The molecule has 0 saturated carbocycles. The van der Waals surface area contributed by atoms with Gasteiger partial charge in [-0.05, 0) is 91.9 Å². The number of hydrogen-bond acceptors (Lipinski definition) is 7. The molecule has 0 bridgehead atoms. The average Bonchev–Trinajstić information content (AvgIpc) is 3.89. The Kier molecular flexibility index (Phi) is 12.4. The van der Waals surface area contributed by atoms with Gasteiger partial charge in [0.05, 0.1) is 30.2 Å². The third-order valence-electron chi connectivity index (χ3n) is 8.96. The van der Waals surface area contributed by atoms with Gasteiger partial charge in [0.25, 0.3) is 0 Å². The Balaban J connectivity index is 0.000000193. The normalized spacial score (nSPS) is 10.8. The van der Waals surface area contributed by atoms with E-state index < -0.39 is 5.97 Å². The molecule has 0 aliphatic carbocycles. The molecule has 0 aliphatic heterocycles. The van der Waals surface area contributed by atoms with E-state index in [4.69, 9.17) is 18.3 Å². The van der Waals surface area contributed by atoms with Crippen LogP contribution in [0.3, 0.4) is 0 Å². The fourth-order valence-electron chi connectivity index (χ4n) is 5.98. The third-order valence-corrected chi connectivity index (χ3v) is 8.96. The number of carbonyl (C=O) groups is 1. The van der Waals surface area contributed by atoms with Crippen molar-refractivity contribution >= 4 is 5.97 Å². The Labute approximate surface area is 315 Å². The number of aromatic carboxylic acids is 1. The van der Waals surface area contributed by atoms with Crippen molar-refractivity contribution in [1.82, 2.24) is 14.5 Å². The van der Waals surface area contributed by atoms with E-state index in [0.29, 0.717) is 43.4 Å². The Bertz CT molecular complexity index is 2240. The minimum atomic E-state index is -0.908. The molecule has 0 amide bonds. The molecule has 4 aromatic carbocycles. The van der Waals surface area contributed by atoms with E-state index in [1.54, 1.807) is 10.8 Å². The van der Waals surface area contributed by atoms with Gasteiger partial charge in [-0.25, -0.2) is 14.8 Å². The van der Waals surface area contributed by atoms with Crippen molar-refractivity contribution in [3.8, 4) is 34.4 Å². The molecule has 3 aromatic heterocycles. The van der Waals surface area contributed by atoms with Crippen molar-refractivity contribution in [2.45, 2.75) is 46.5 Å². The maximum Gasteiger partial charge on any atom is 0.337 e. The zero-order chi connectivity index (χ0) is 37.9. The maximum atomic E-state index is 11.4. The molecule has 0 fully saturated rings. The highest BCUT2D eigenvalue weighted by atomic mass is 16.5. The number of benzene rings is 4. The Morgan fingerprint density at radius 1 is 0.667 bits per heavy atom. The maximum absolute atomic E-state index is 11.4. The van der Waals surface area contributed by atoms with Crippen LogP contribution in [0.15, 0.2) is 130 Å². The van der Waals surface area contributed by atoms with Crippen LogP contribution in [-0.4, -0.2) is 38.8 Å². The second kappa shape index (κ2) is 17.9. The van der Waals surface area contributed by atoms with Gasteiger partial charge in [0.15, 0.2) is 0 Å². The third kappa shape index (κ3) is 9.95. The summed E-state index contributed by atoms with van der Waals surface area (Å²) in [5.74, 6) is 3.70. The van der Waals surface area contributed by atoms with Gasteiger partial charge in [-0.3, -0.25) is 0 Å². The van der Waals surface area contributed by atoms with Crippen molar-refractivity contribution in [2.75, 3.05) is 13.2 Å². The summed E-state index contributed by atoms with van der Waals surface area (Å²) in [4.78, 5) is 20.6. The molecule has 0 radical (unpaired) electrons. The molecular weight excluding hydrogens is 679 g/mol. The number of carboxylic acid groups (broad SMARTS) is 1. The monoisotopic (exact) mass is 723 g/mol. The molecule has 0 aliphatic rings. The summed E-state index contributed by atoms with van der Waals surface area (Å²) in [6.45, 7) is 7.09. The number of rotatable bonds is 14. The van der Waals surface area contributed by atoms with E-state index in [1.807, 2.05) is 124 Å². The lowest BCUT2D eigenvalue weighted by Gasteiger charge is -2.07. The Morgan fingerprint density at radius 2 is 1.13 bits per heavy atom. The summed E-state index contributed by atoms with van der Waals surface area (Å²) in [6, 6.07) is 35.8. The summed E-state index contributed by atoms with van der Waals surface area (Å²) < 4.78 is 25.0. The molecule has 7 aromatic rings. The molecule has 1 N–H and O–H groups in total. The molecule has 276 valence electrons. The lowest BCUT2D eigenvalue weighted by Crippen LogP contribution is -2.03. The van der Waals surface area contributed by atoms with E-state index in [-0.39, 0.29) is 0 Å². The highest BCUT2D eigenvalue weighted by Crippen LogP contribution is 2.24. The van der Waals surface area contributed by atoms with Gasteiger partial charge >= 0.3 is 5.97 Å². The molecule has 0 atom stereocenters. The van der Waals surface area contributed by atoms with Crippen LogP contribution in [0.25, 0.3) is 22.9 Å². The molecule has 0 saturated heterocycles. The predicted octanol–water partition coefficient (Wildman–Crippen LogP) is 9.73. The van der Waals surface area contributed by atoms with Crippen LogP contribution in [0.2, 0.25) is 0 Å². The van der Waals surface area contributed by atoms with Gasteiger partial charge in [0.1, 0.15) is 23.0 Å². The van der Waals surface area contributed by atoms with Gasteiger partial charge in [-0.1, -0.05) is 67.6 Å². The first kappa shape index (κ1) is 37.4. The SMILES string of the molecule is CCc1ccc(OCCc2nc(-c3ccccc3)oc2C)cc1.Cc1oc(-c2ccccc2)nc1CCOc1ccc(Cc2cn(C)cc2C(=O)O)cc1. The minimum absolute atomic E-state index is 0.334. The van der Waals surface area contributed by atoms with E-state index >= 15 is 0 Å². The Morgan fingerprint density at radius 3 is 1.57 bits per heavy atom. The van der Waals surface area contributed by atoms with Gasteiger partial charge in [0.2, 0.25) is 11.8 Å². The molecule has 0 unspecified atom stereocenters. The lowest BCUT2D eigenvalue weighted by atomic mass is 10.0. The largest absolute Gasteiger partial charge is 0.493 e. The smallest absolute Gasteiger partial charge is 0.337 e. The summed E-state index contributed by atoms with van der Waals surface area (Å²) in [6.07, 6.45) is 6.46. The van der Waals surface area contributed by atoms with E-state index in [1.165, 1.54) is 5.56 Å². The van der Waals surface area contributed by atoms with Crippen molar-refractivity contribution in [1.29, 1.82) is 0 Å². The van der Waals surface area contributed by atoms with Crippen LogP contribution in [0.1, 0.15) is 56.9 Å². The van der Waals surface area contributed by atoms with Gasteiger partial charge in [-0.15, -0.1) is 0 Å². The van der Waals surface area contributed by atoms with E-state index in [0.717, 1.165) is 69.5 Å². The van der Waals surface area contributed by atoms with Gasteiger partial charge in [0, 0.05) is 43.4 Å². The Hall–Kier alpha value is -6.35. The summed E-state index contributed by atoms with van der Waals surface area (Å²) in [7, 11) is 1.83. The second-order valence-corrected chi connectivity index (χ2v) is 13.0. The van der Waals surface area contributed by atoms with Crippen LogP contribution in [0.4, 0.5) is 0 Å². The fourth-order valence-corrected chi connectivity index (χ4v) is 5.98. The minimum Gasteiger partial charge on any atom is -0.493 e. The van der Waals surface area contributed by atoms with Crippen LogP contribution < -0.4 is 9.47 Å². The fraction of sp³-hybridized carbons (Fsp3) is 0.222. The van der Waals surface area contributed by atoms with Crippen molar-refractivity contribution < 1.29 is 28.2 Å². The first-order valence-electron chi connectivity index (χ1n) is 18.1. The van der Waals surface area contributed by atoms with E-state index in [2.05, 4.69) is 29.0 Å². The number of aromatic nitrogens is 3. The van der Waals surface area contributed by atoms with Gasteiger partial charge < -0.3 is 28.0 Å². The van der Waals surface area contributed by atoms with Crippen molar-refractivity contribution in [2.24, 2.45) is 7.05 Å². The predicted molar refractivity (Wildman–Crippen MR) is 209 cm³/mol. The summed E-state index contributed by atoms with van der Waals surface area (Å²) >= 11 is 0. The highest BCUT2D eigenvalue weighted by molar-refractivity contribution is 5.89. The molecule has 9 nitrogen and oxygen atoms in total. The molecule has 54 heavy (non-hydrogen) atoms. The van der Waals surface area contributed by atoms with E-state index in [9.17, 15) is 9.90 Å². The van der Waals surface area contributed by atoms with Gasteiger partial charge in [-0.2, -0.15) is 0 Å². The first-order chi connectivity index (χ1) is 26.2. The zero-order valence-corrected chi connectivity index (χ0v) is 31.1. The van der Waals surface area contributed by atoms with Crippen LogP contribution >= 0.6 is 0 Å². The number of carboxylic acids is 1.